The first-order valence-corrected chi connectivity index (χ1v) is 6.17. The summed E-state index contributed by atoms with van der Waals surface area (Å²) in [7, 11) is 1.71. The summed E-state index contributed by atoms with van der Waals surface area (Å²) in [4.78, 5) is 4.50. The molecule has 0 spiro atoms. The van der Waals surface area contributed by atoms with Gasteiger partial charge in [0.05, 0.1) is 6.10 Å². The monoisotopic (exact) mass is 245 g/mol. The summed E-state index contributed by atoms with van der Waals surface area (Å²) < 4.78 is 5.32. The molecule has 0 aliphatic rings. The van der Waals surface area contributed by atoms with Gasteiger partial charge in [0.2, 0.25) is 0 Å². The maximum Gasteiger partial charge on any atom is 0.181 e. The molecule has 1 heterocycles. The van der Waals surface area contributed by atoms with Crippen molar-refractivity contribution in [2.24, 2.45) is 0 Å². The Morgan fingerprint density at radius 1 is 1.22 bits per heavy atom. The van der Waals surface area contributed by atoms with Crippen LogP contribution in [0.3, 0.4) is 0 Å². The second-order valence-electron chi connectivity index (χ2n) is 4.70. The molecule has 0 bridgehead atoms. The quantitative estimate of drug-likeness (QED) is 0.899. The van der Waals surface area contributed by atoms with Crippen LogP contribution >= 0.6 is 0 Å². The van der Waals surface area contributed by atoms with Crippen molar-refractivity contribution >= 4 is 0 Å². The minimum absolute atomic E-state index is 0.0773. The van der Waals surface area contributed by atoms with Crippen molar-refractivity contribution < 1.29 is 4.74 Å². The van der Waals surface area contributed by atoms with Gasteiger partial charge in [0.25, 0.3) is 0 Å². The number of aromatic amines is 1. The first-order valence-electron chi connectivity index (χ1n) is 6.17. The minimum atomic E-state index is 0.0773. The van der Waals surface area contributed by atoms with E-state index in [1.165, 1.54) is 0 Å². The van der Waals surface area contributed by atoms with E-state index in [0.717, 1.165) is 22.8 Å². The fourth-order valence-corrected chi connectivity index (χ4v) is 1.73. The average Bonchev–Trinajstić information content (AvgIpc) is 2.88. The molecule has 1 aromatic heterocycles. The highest BCUT2D eigenvalue weighted by Gasteiger charge is 2.10. The Morgan fingerprint density at radius 2 is 2.00 bits per heavy atom. The van der Waals surface area contributed by atoms with Gasteiger partial charge in [-0.05, 0) is 18.6 Å². The summed E-state index contributed by atoms with van der Waals surface area (Å²) in [5.41, 5.74) is 2.14. The lowest BCUT2D eigenvalue weighted by Gasteiger charge is -2.10. The number of aromatic nitrogens is 3. The standard InChI is InChI=1S/C14H19N3O/c1-9(2)13-15-14(17-16-13)12-7-5-6-11(8-12)10(3)18-4/h5-10H,1-4H3,(H,15,16,17). The molecule has 2 aromatic rings. The van der Waals surface area contributed by atoms with E-state index in [-0.39, 0.29) is 6.10 Å². The SMILES string of the molecule is COC(C)c1cccc(-c2n[nH]c(C(C)C)n2)c1. The number of nitrogens with one attached hydrogen (secondary N) is 1. The normalized spacial score (nSPS) is 12.9. The van der Waals surface area contributed by atoms with Crippen LogP contribution in [0.25, 0.3) is 11.4 Å². The Kier molecular flexibility index (Phi) is 3.77. The van der Waals surface area contributed by atoms with Crippen LogP contribution < -0.4 is 0 Å². The van der Waals surface area contributed by atoms with Gasteiger partial charge in [0, 0.05) is 18.6 Å². The Morgan fingerprint density at radius 3 is 2.61 bits per heavy atom. The summed E-state index contributed by atoms with van der Waals surface area (Å²) in [6.07, 6.45) is 0.0773. The minimum Gasteiger partial charge on any atom is -0.377 e. The maximum absolute atomic E-state index is 5.32. The smallest absolute Gasteiger partial charge is 0.181 e. The van der Waals surface area contributed by atoms with E-state index in [4.69, 9.17) is 4.74 Å². The molecule has 1 atom stereocenters. The molecular weight excluding hydrogens is 226 g/mol. The van der Waals surface area contributed by atoms with E-state index < -0.39 is 0 Å². The summed E-state index contributed by atoms with van der Waals surface area (Å²) in [5, 5.41) is 7.23. The van der Waals surface area contributed by atoms with Crippen LogP contribution in [0.2, 0.25) is 0 Å². The molecule has 0 fully saturated rings. The van der Waals surface area contributed by atoms with Gasteiger partial charge in [0.1, 0.15) is 5.82 Å². The lowest BCUT2D eigenvalue weighted by atomic mass is 10.1. The molecule has 0 saturated heterocycles. The van der Waals surface area contributed by atoms with Crippen molar-refractivity contribution in [1.82, 2.24) is 15.2 Å². The second-order valence-corrected chi connectivity index (χ2v) is 4.70. The summed E-state index contributed by atoms with van der Waals surface area (Å²) in [6.45, 7) is 6.21. The van der Waals surface area contributed by atoms with Gasteiger partial charge in [-0.1, -0.05) is 32.0 Å². The highest BCUT2D eigenvalue weighted by Crippen LogP contribution is 2.22. The predicted octanol–water partition coefficient (Wildman–Crippen LogP) is 3.30. The van der Waals surface area contributed by atoms with Crippen molar-refractivity contribution in [2.75, 3.05) is 7.11 Å². The van der Waals surface area contributed by atoms with Gasteiger partial charge < -0.3 is 4.74 Å². The molecule has 2 rings (SSSR count). The average molecular weight is 245 g/mol. The van der Waals surface area contributed by atoms with Crippen molar-refractivity contribution in [3.63, 3.8) is 0 Å². The molecular formula is C14H19N3O. The summed E-state index contributed by atoms with van der Waals surface area (Å²) in [5.74, 6) is 2.01. The third kappa shape index (κ3) is 2.59. The van der Waals surface area contributed by atoms with Crippen molar-refractivity contribution in [2.45, 2.75) is 32.8 Å². The Bertz CT molecular complexity index is 519. The lowest BCUT2D eigenvalue weighted by Crippen LogP contribution is -1.96. The molecule has 1 N–H and O–H groups in total. The number of hydrogen-bond acceptors (Lipinski definition) is 3. The van der Waals surface area contributed by atoms with Gasteiger partial charge in [-0.3, -0.25) is 5.10 Å². The molecule has 4 heteroatoms. The van der Waals surface area contributed by atoms with Crippen molar-refractivity contribution in [3.8, 4) is 11.4 Å². The fourth-order valence-electron chi connectivity index (χ4n) is 1.73. The van der Waals surface area contributed by atoms with Crippen LogP contribution in [0.5, 0.6) is 0 Å². The molecule has 96 valence electrons. The zero-order chi connectivity index (χ0) is 13.1. The molecule has 0 saturated carbocycles. The van der Waals surface area contributed by atoms with Gasteiger partial charge in [-0.2, -0.15) is 5.10 Å². The van der Waals surface area contributed by atoms with E-state index in [1.54, 1.807) is 7.11 Å². The lowest BCUT2D eigenvalue weighted by molar-refractivity contribution is 0.119. The molecule has 18 heavy (non-hydrogen) atoms. The fraction of sp³-hybridized carbons (Fsp3) is 0.429. The van der Waals surface area contributed by atoms with Crippen LogP contribution in [0, 0.1) is 0 Å². The Balaban J connectivity index is 2.32. The molecule has 0 aliphatic heterocycles. The molecule has 0 aliphatic carbocycles. The molecule has 1 unspecified atom stereocenters. The third-order valence-corrected chi connectivity index (χ3v) is 3.02. The number of ether oxygens (including phenoxy) is 1. The third-order valence-electron chi connectivity index (χ3n) is 3.02. The molecule has 1 aromatic carbocycles. The first kappa shape index (κ1) is 12.8. The van der Waals surface area contributed by atoms with Gasteiger partial charge in [-0.25, -0.2) is 4.98 Å². The number of methoxy groups -OCH3 is 1. The number of benzene rings is 1. The first-order chi connectivity index (χ1) is 8.61. The van der Waals surface area contributed by atoms with E-state index >= 15 is 0 Å². The summed E-state index contributed by atoms with van der Waals surface area (Å²) >= 11 is 0. The number of hydrogen-bond donors (Lipinski definition) is 1. The van der Waals surface area contributed by atoms with Crippen LogP contribution in [-0.4, -0.2) is 22.3 Å². The van der Waals surface area contributed by atoms with E-state index in [0.29, 0.717) is 5.92 Å². The number of rotatable bonds is 4. The van der Waals surface area contributed by atoms with Crippen molar-refractivity contribution in [1.29, 1.82) is 0 Å². The number of H-pyrrole nitrogens is 1. The molecule has 0 radical (unpaired) electrons. The Hall–Kier alpha value is -1.68. The highest BCUT2D eigenvalue weighted by molar-refractivity contribution is 5.56. The molecule has 4 nitrogen and oxygen atoms in total. The van der Waals surface area contributed by atoms with Gasteiger partial charge >= 0.3 is 0 Å². The predicted molar refractivity (Wildman–Crippen MR) is 71.3 cm³/mol. The van der Waals surface area contributed by atoms with Gasteiger partial charge in [0.15, 0.2) is 5.82 Å². The largest absolute Gasteiger partial charge is 0.377 e. The van der Waals surface area contributed by atoms with Crippen LogP contribution in [-0.2, 0) is 4.74 Å². The zero-order valence-electron chi connectivity index (χ0n) is 11.3. The molecule has 0 amide bonds. The topological polar surface area (TPSA) is 50.8 Å². The van der Waals surface area contributed by atoms with E-state index in [1.807, 2.05) is 25.1 Å². The van der Waals surface area contributed by atoms with E-state index in [9.17, 15) is 0 Å². The van der Waals surface area contributed by atoms with E-state index in [2.05, 4.69) is 35.1 Å². The van der Waals surface area contributed by atoms with Crippen LogP contribution in [0.15, 0.2) is 24.3 Å². The zero-order valence-corrected chi connectivity index (χ0v) is 11.3. The second kappa shape index (κ2) is 5.31. The number of nitrogens with zero attached hydrogens (tertiary/aromatic N) is 2. The van der Waals surface area contributed by atoms with Crippen LogP contribution in [0.1, 0.15) is 44.2 Å². The van der Waals surface area contributed by atoms with Crippen LogP contribution in [0.4, 0.5) is 0 Å². The van der Waals surface area contributed by atoms with Gasteiger partial charge in [-0.15, -0.1) is 0 Å². The summed E-state index contributed by atoms with van der Waals surface area (Å²) in [6, 6.07) is 8.14. The Labute approximate surface area is 107 Å². The van der Waals surface area contributed by atoms with Crippen molar-refractivity contribution in [3.05, 3.63) is 35.7 Å². The maximum atomic E-state index is 5.32. The highest BCUT2D eigenvalue weighted by atomic mass is 16.5.